The smallest absolute Gasteiger partial charge is 0.258 e. The normalized spacial score (nSPS) is 15.8. The number of hydrogen-bond acceptors (Lipinski definition) is 1. The summed E-state index contributed by atoms with van der Waals surface area (Å²) in [4.78, 5) is 14.4. The molecule has 0 spiro atoms. The number of benzene rings is 2. The molecule has 2 aromatic carbocycles. The van der Waals surface area contributed by atoms with E-state index in [0.29, 0.717) is 12.5 Å². The second kappa shape index (κ2) is 5.28. The van der Waals surface area contributed by atoms with Crippen LogP contribution >= 0.6 is 0 Å². The van der Waals surface area contributed by atoms with Gasteiger partial charge in [-0.25, -0.2) is 0 Å². The molecule has 2 aromatic rings. The van der Waals surface area contributed by atoms with E-state index in [1.165, 1.54) is 5.56 Å². The van der Waals surface area contributed by atoms with Gasteiger partial charge in [-0.3, -0.25) is 4.79 Å². The minimum absolute atomic E-state index is 0.104. The van der Waals surface area contributed by atoms with E-state index >= 15 is 0 Å². The van der Waals surface area contributed by atoms with Crippen LogP contribution in [0.15, 0.2) is 48.5 Å². The van der Waals surface area contributed by atoms with Gasteiger partial charge in [0.15, 0.2) is 0 Å². The van der Waals surface area contributed by atoms with Crippen molar-refractivity contribution >= 4 is 11.6 Å². The lowest BCUT2D eigenvalue weighted by atomic mass is 9.78. The van der Waals surface area contributed by atoms with Crippen LogP contribution in [-0.4, -0.2) is 5.91 Å². The van der Waals surface area contributed by atoms with E-state index in [4.69, 9.17) is 0 Å². The van der Waals surface area contributed by atoms with Crippen molar-refractivity contribution in [3.05, 3.63) is 65.2 Å². The van der Waals surface area contributed by atoms with Gasteiger partial charge in [-0.2, -0.15) is 0 Å². The van der Waals surface area contributed by atoms with Gasteiger partial charge in [0, 0.05) is 11.3 Å². The molecular weight excluding hydrogens is 270 g/mol. The van der Waals surface area contributed by atoms with Crippen LogP contribution in [0.3, 0.4) is 0 Å². The first kappa shape index (κ1) is 14.8. The van der Waals surface area contributed by atoms with Crippen LogP contribution in [0.4, 0.5) is 5.69 Å². The zero-order valence-electron chi connectivity index (χ0n) is 13.8. The largest absolute Gasteiger partial charge is 0.304 e. The molecular formula is C20H23NO. The monoisotopic (exact) mass is 293 g/mol. The Kier molecular flexibility index (Phi) is 3.56. The summed E-state index contributed by atoms with van der Waals surface area (Å²) in [5, 5.41) is 0. The zero-order chi connectivity index (χ0) is 15.9. The van der Waals surface area contributed by atoms with Gasteiger partial charge in [0.05, 0.1) is 6.54 Å². The molecule has 114 valence electrons. The summed E-state index contributed by atoms with van der Waals surface area (Å²) in [6.45, 7) is 9.69. The second-order valence-corrected chi connectivity index (χ2v) is 7.23. The second-order valence-electron chi connectivity index (χ2n) is 7.23. The Morgan fingerprint density at radius 3 is 2.23 bits per heavy atom. The van der Waals surface area contributed by atoms with Crippen LogP contribution < -0.4 is 4.90 Å². The molecule has 0 radical (unpaired) electrons. The third kappa shape index (κ3) is 2.54. The van der Waals surface area contributed by atoms with E-state index in [9.17, 15) is 4.79 Å². The third-order valence-corrected chi connectivity index (χ3v) is 4.83. The van der Waals surface area contributed by atoms with E-state index in [2.05, 4.69) is 52.0 Å². The number of nitrogens with zero attached hydrogens (tertiary/aromatic N) is 1. The molecule has 0 aromatic heterocycles. The first-order chi connectivity index (χ1) is 10.4. The first-order valence-corrected chi connectivity index (χ1v) is 7.87. The van der Waals surface area contributed by atoms with Gasteiger partial charge in [0.1, 0.15) is 0 Å². The molecule has 0 saturated heterocycles. The molecule has 0 N–H and O–H groups in total. The van der Waals surface area contributed by atoms with Crippen LogP contribution in [0.1, 0.15) is 55.1 Å². The van der Waals surface area contributed by atoms with E-state index in [0.717, 1.165) is 16.8 Å². The minimum atomic E-state index is 0.104. The summed E-state index contributed by atoms with van der Waals surface area (Å²) in [6.07, 6.45) is 0. The van der Waals surface area contributed by atoms with Crippen molar-refractivity contribution < 1.29 is 4.79 Å². The van der Waals surface area contributed by atoms with Gasteiger partial charge in [-0.1, -0.05) is 58.0 Å². The van der Waals surface area contributed by atoms with Crippen molar-refractivity contribution in [1.82, 2.24) is 0 Å². The van der Waals surface area contributed by atoms with Gasteiger partial charge < -0.3 is 4.90 Å². The van der Waals surface area contributed by atoms with Crippen LogP contribution in [0, 0.1) is 5.41 Å². The number of carbonyl (C=O) groups excluding carboxylic acids is 1. The molecule has 1 heterocycles. The predicted octanol–water partition coefficient (Wildman–Crippen LogP) is 5.00. The number of amides is 1. The van der Waals surface area contributed by atoms with Crippen molar-refractivity contribution in [2.75, 3.05) is 4.90 Å². The van der Waals surface area contributed by atoms with Crippen LogP contribution in [0.2, 0.25) is 0 Å². The lowest BCUT2D eigenvalue weighted by molar-refractivity contribution is 0.0996. The van der Waals surface area contributed by atoms with E-state index < -0.39 is 0 Å². The van der Waals surface area contributed by atoms with Crippen LogP contribution in [0.25, 0.3) is 0 Å². The summed E-state index contributed by atoms with van der Waals surface area (Å²) in [5.74, 6) is 0.584. The molecule has 2 nitrogen and oxygen atoms in total. The van der Waals surface area contributed by atoms with Gasteiger partial charge in [0.25, 0.3) is 5.91 Å². The quantitative estimate of drug-likeness (QED) is 0.763. The highest BCUT2D eigenvalue weighted by molar-refractivity contribution is 6.09. The Hall–Kier alpha value is -2.09. The molecule has 1 aliphatic rings. The maximum atomic E-state index is 12.5. The van der Waals surface area contributed by atoms with Gasteiger partial charge in [-0.05, 0) is 40.7 Å². The van der Waals surface area contributed by atoms with Crippen molar-refractivity contribution in [3.8, 4) is 0 Å². The van der Waals surface area contributed by atoms with Gasteiger partial charge in [-0.15, -0.1) is 0 Å². The fourth-order valence-electron chi connectivity index (χ4n) is 2.91. The van der Waals surface area contributed by atoms with Gasteiger partial charge >= 0.3 is 0 Å². The lowest BCUT2D eigenvalue weighted by Gasteiger charge is -2.28. The SMILES string of the molecule is CC(c1ccc(N2Cc3ccccc3C2=O)cc1)C(C)(C)C. The van der Waals surface area contributed by atoms with Crippen molar-refractivity contribution in [1.29, 1.82) is 0 Å². The average Bonchev–Trinajstić information content (AvgIpc) is 2.83. The topological polar surface area (TPSA) is 20.3 Å². The molecule has 0 bridgehead atoms. The molecule has 1 aliphatic heterocycles. The van der Waals surface area contributed by atoms with Crippen LogP contribution in [-0.2, 0) is 6.54 Å². The van der Waals surface area contributed by atoms with Crippen molar-refractivity contribution in [2.24, 2.45) is 5.41 Å². The maximum absolute atomic E-state index is 12.5. The number of fused-ring (bicyclic) bond motifs is 1. The van der Waals surface area contributed by atoms with E-state index in [-0.39, 0.29) is 11.3 Å². The lowest BCUT2D eigenvalue weighted by Crippen LogP contribution is -2.23. The van der Waals surface area contributed by atoms with E-state index in [1.807, 2.05) is 29.2 Å². The number of carbonyl (C=O) groups is 1. The Balaban J connectivity index is 1.85. The standard InChI is InChI=1S/C20H23NO/c1-14(20(2,3)4)15-9-11-17(12-10-15)21-13-16-7-5-6-8-18(16)19(21)22/h5-12,14H,13H2,1-4H3. The highest BCUT2D eigenvalue weighted by Gasteiger charge is 2.28. The maximum Gasteiger partial charge on any atom is 0.258 e. The molecule has 3 rings (SSSR count). The fourth-order valence-corrected chi connectivity index (χ4v) is 2.91. The summed E-state index contributed by atoms with van der Waals surface area (Å²) < 4.78 is 0. The average molecular weight is 293 g/mol. The Morgan fingerprint density at radius 1 is 1.00 bits per heavy atom. The molecule has 0 fully saturated rings. The Bertz CT molecular complexity index is 694. The number of hydrogen-bond donors (Lipinski definition) is 0. The van der Waals surface area contributed by atoms with Crippen molar-refractivity contribution in [2.45, 2.75) is 40.2 Å². The molecule has 0 saturated carbocycles. The van der Waals surface area contributed by atoms with E-state index in [1.54, 1.807) is 0 Å². The third-order valence-electron chi connectivity index (χ3n) is 4.83. The molecule has 1 atom stereocenters. The zero-order valence-corrected chi connectivity index (χ0v) is 13.8. The van der Waals surface area contributed by atoms with Crippen LogP contribution in [0.5, 0.6) is 0 Å². The minimum Gasteiger partial charge on any atom is -0.304 e. The summed E-state index contributed by atoms with van der Waals surface area (Å²) in [5.41, 5.74) is 4.47. The molecule has 2 heteroatoms. The van der Waals surface area contributed by atoms with Gasteiger partial charge in [0.2, 0.25) is 0 Å². The predicted molar refractivity (Wildman–Crippen MR) is 91.3 cm³/mol. The number of rotatable bonds is 2. The highest BCUT2D eigenvalue weighted by atomic mass is 16.2. The fraction of sp³-hybridized carbons (Fsp3) is 0.350. The summed E-state index contributed by atoms with van der Waals surface area (Å²) in [7, 11) is 0. The molecule has 22 heavy (non-hydrogen) atoms. The Morgan fingerprint density at radius 2 is 1.64 bits per heavy atom. The molecule has 1 unspecified atom stereocenters. The molecule has 0 aliphatic carbocycles. The van der Waals surface area contributed by atoms with Crippen molar-refractivity contribution in [3.63, 3.8) is 0 Å². The summed E-state index contributed by atoms with van der Waals surface area (Å²) >= 11 is 0. The number of anilines is 1. The summed E-state index contributed by atoms with van der Waals surface area (Å²) in [6, 6.07) is 16.3. The highest BCUT2D eigenvalue weighted by Crippen LogP contribution is 2.36. The first-order valence-electron chi connectivity index (χ1n) is 7.87. The molecule has 1 amide bonds. The Labute approximate surface area is 132 Å².